The Labute approximate surface area is 129 Å². The van der Waals surface area contributed by atoms with E-state index >= 15 is 0 Å². The molecule has 110 valence electrons. The maximum atomic E-state index is 12.1. The minimum Gasteiger partial charge on any atom is -0.465 e. The summed E-state index contributed by atoms with van der Waals surface area (Å²) < 4.78 is 6.78. The fraction of sp³-hybridized carbons (Fsp3) is 0.231. The van der Waals surface area contributed by atoms with Crippen molar-refractivity contribution >= 4 is 33.6 Å². The molecule has 0 aliphatic carbocycles. The number of rotatable bonds is 5. The lowest BCUT2D eigenvalue weighted by Gasteiger charge is -2.03. The van der Waals surface area contributed by atoms with Gasteiger partial charge in [0.1, 0.15) is 6.54 Å². The zero-order chi connectivity index (χ0) is 15.2. The van der Waals surface area contributed by atoms with Gasteiger partial charge in [-0.25, -0.2) is 4.68 Å². The number of ether oxygens (including phenoxy) is 1. The number of halogens is 1. The molecular weight excluding hydrogens is 340 g/mol. The van der Waals surface area contributed by atoms with Crippen LogP contribution in [-0.4, -0.2) is 33.5 Å². The summed E-state index contributed by atoms with van der Waals surface area (Å²) in [6.07, 6.45) is 1.46. The number of hydrogen-bond donors (Lipinski definition) is 1. The zero-order valence-electron chi connectivity index (χ0n) is 11.2. The highest BCUT2D eigenvalue weighted by Gasteiger charge is 2.12. The standard InChI is InChI=1S/C13H13BrN4O3/c1-2-21-12(19)8-18-7-11(16-17-18)15-13(20)9-5-3-4-6-10(9)14/h3-7H,2,8H2,1H3,(H,15,20). The van der Waals surface area contributed by atoms with Gasteiger partial charge in [-0.3, -0.25) is 9.59 Å². The lowest BCUT2D eigenvalue weighted by molar-refractivity contribution is -0.144. The van der Waals surface area contributed by atoms with Crippen molar-refractivity contribution in [1.82, 2.24) is 15.0 Å². The first kappa shape index (κ1) is 15.2. The second-order valence-electron chi connectivity index (χ2n) is 4.04. The van der Waals surface area contributed by atoms with Crippen LogP contribution in [0.3, 0.4) is 0 Å². The minimum absolute atomic E-state index is 0.0499. The van der Waals surface area contributed by atoms with Gasteiger partial charge in [0.15, 0.2) is 5.82 Å². The van der Waals surface area contributed by atoms with E-state index in [0.29, 0.717) is 16.6 Å². The van der Waals surface area contributed by atoms with Crippen LogP contribution in [0, 0.1) is 0 Å². The van der Waals surface area contributed by atoms with Crippen LogP contribution in [0.1, 0.15) is 17.3 Å². The quantitative estimate of drug-likeness (QED) is 0.830. The monoisotopic (exact) mass is 352 g/mol. The van der Waals surface area contributed by atoms with Crippen molar-refractivity contribution in [3.8, 4) is 0 Å². The number of anilines is 1. The zero-order valence-corrected chi connectivity index (χ0v) is 12.8. The maximum absolute atomic E-state index is 12.1. The molecular formula is C13H13BrN4O3. The van der Waals surface area contributed by atoms with Crippen molar-refractivity contribution in [2.75, 3.05) is 11.9 Å². The second-order valence-corrected chi connectivity index (χ2v) is 4.89. The Morgan fingerprint density at radius 2 is 2.14 bits per heavy atom. The molecule has 21 heavy (non-hydrogen) atoms. The number of nitrogens with zero attached hydrogens (tertiary/aromatic N) is 3. The van der Waals surface area contributed by atoms with E-state index < -0.39 is 5.97 Å². The number of nitrogens with one attached hydrogen (secondary N) is 1. The number of hydrogen-bond acceptors (Lipinski definition) is 5. The van der Waals surface area contributed by atoms with E-state index in [1.54, 1.807) is 25.1 Å². The Morgan fingerprint density at radius 1 is 1.38 bits per heavy atom. The van der Waals surface area contributed by atoms with Gasteiger partial charge < -0.3 is 10.1 Å². The van der Waals surface area contributed by atoms with Crippen molar-refractivity contribution in [2.24, 2.45) is 0 Å². The average molecular weight is 353 g/mol. The first-order chi connectivity index (χ1) is 10.1. The van der Waals surface area contributed by atoms with Crippen molar-refractivity contribution < 1.29 is 14.3 Å². The van der Waals surface area contributed by atoms with Crippen molar-refractivity contribution in [1.29, 1.82) is 0 Å². The Morgan fingerprint density at radius 3 is 2.86 bits per heavy atom. The first-order valence-corrected chi connectivity index (χ1v) is 7.01. The summed E-state index contributed by atoms with van der Waals surface area (Å²) in [4.78, 5) is 23.4. The lowest BCUT2D eigenvalue weighted by Crippen LogP contribution is -2.14. The largest absolute Gasteiger partial charge is 0.465 e. The number of esters is 1. The van der Waals surface area contributed by atoms with Crippen LogP contribution >= 0.6 is 15.9 Å². The van der Waals surface area contributed by atoms with Gasteiger partial charge in [0.25, 0.3) is 5.91 Å². The summed E-state index contributed by atoms with van der Waals surface area (Å²) in [6, 6.07) is 7.03. The third kappa shape index (κ3) is 4.12. The van der Waals surface area contributed by atoms with Crippen LogP contribution in [0.25, 0.3) is 0 Å². The van der Waals surface area contributed by atoms with Crippen LogP contribution in [-0.2, 0) is 16.1 Å². The van der Waals surface area contributed by atoms with Crippen molar-refractivity contribution in [3.05, 3.63) is 40.5 Å². The Kier molecular flexibility index (Phi) is 5.04. The highest BCUT2D eigenvalue weighted by molar-refractivity contribution is 9.10. The van der Waals surface area contributed by atoms with Gasteiger partial charge in [0, 0.05) is 4.47 Å². The fourth-order valence-electron chi connectivity index (χ4n) is 1.60. The number of carbonyl (C=O) groups is 2. The van der Waals surface area contributed by atoms with E-state index in [-0.39, 0.29) is 18.3 Å². The van der Waals surface area contributed by atoms with E-state index in [9.17, 15) is 9.59 Å². The van der Waals surface area contributed by atoms with E-state index in [2.05, 4.69) is 31.6 Å². The molecule has 1 aromatic heterocycles. The van der Waals surface area contributed by atoms with Crippen LogP contribution < -0.4 is 5.32 Å². The molecule has 8 heteroatoms. The van der Waals surface area contributed by atoms with Crippen LogP contribution in [0.2, 0.25) is 0 Å². The molecule has 0 aliphatic rings. The van der Waals surface area contributed by atoms with Gasteiger partial charge in [-0.1, -0.05) is 17.3 Å². The highest BCUT2D eigenvalue weighted by Crippen LogP contribution is 2.17. The number of benzene rings is 1. The van der Waals surface area contributed by atoms with Gasteiger partial charge in [-0.05, 0) is 35.0 Å². The molecule has 0 fully saturated rings. The van der Waals surface area contributed by atoms with E-state index in [1.165, 1.54) is 10.9 Å². The Bertz CT molecular complexity index is 656. The van der Waals surface area contributed by atoms with E-state index in [1.807, 2.05) is 6.07 Å². The van der Waals surface area contributed by atoms with Crippen molar-refractivity contribution in [3.63, 3.8) is 0 Å². The molecule has 0 saturated carbocycles. The van der Waals surface area contributed by atoms with Gasteiger partial charge in [0.2, 0.25) is 0 Å². The summed E-state index contributed by atoms with van der Waals surface area (Å²) in [5, 5.41) is 10.1. The predicted octanol–water partition coefficient (Wildman–Crippen LogP) is 1.86. The molecule has 0 spiro atoms. The maximum Gasteiger partial charge on any atom is 0.327 e. The predicted molar refractivity (Wildman–Crippen MR) is 78.8 cm³/mol. The molecule has 2 aromatic rings. The summed E-state index contributed by atoms with van der Waals surface area (Å²) in [7, 11) is 0. The first-order valence-electron chi connectivity index (χ1n) is 6.21. The summed E-state index contributed by atoms with van der Waals surface area (Å²) in [5.41, 5.74) is 0.484. The van der Waals surface area contributed by atoms with Crippen molar-refractivity contribution in [2.45, 2.75) is 13.5 Å². The fourth-order valence-corrected chi connectivity index (χ4v) is 2.07. The van der Waals surface area contributed by atoms with Gasteiger partial charge in [-0.15, -0.1) is 5.10 Å². The molecule has 1 amide bonds. The summed E-state index contributed by atoms with van der Waals surface area (Å²) in [5.74, 6) is -0.461. The number of amides is 1. The van der Waals surface area contributed by atoms with Crippen LogP contribution in [0.4, 0.5) is 5.82 Å². The van der Waals surface area contributed by atoms with Gasteiger partial charge in [0.05, 0.1) is 18.4 Å². The molecule has 1 aromatic carbocycles. The molecule has 0 unspecified atom stereocenters. The minimum atomic E-state index is -0.411. The molecule has 1 heterocycles. The molecule has 0 atom stereocenters. The van der Waals surface area contributed by atoms with Crippen LogP contribution in [0.15, 0.2) is 34.9 Å². The van der Waals surface area contributed by atoms with Crippen LogP contribution in [0.5, 0.6) is 0 Å². The molecule has 0 radical (unpaired) electrons. The Hall–Kier alpha value is -2.22. The normalized spacial score (nSPS) is 10.2. The molecule has 0 saturated heterocycles. The third-order valence-corrected chi connectivity index (χ3v) is 3.19. The average Bonchev–Trinajstić information content (AvgIpc) is 2.86. The van der Waals surface area contributed by atoms with E-state index in [0.717, 1.165) is 0 Å². The summed E-state index contributed by atoms with van der Waals surface area (Å²) >= 11 is 3.30. The Balaban J connectivity index is 2.01. The number of carbonyl (C=O) groups excluding carboxylic acids is 2. The topological polar surface area (TPSA) is 86.1 Å². The molecule has 0 bridgehead atoms. The molecule has 0 aliphatic heterocycles. The lowest BCUT2D eigenvalue weighted by atomic mass is 10.2. The molecule has 1 N–H and O–H groups in total. The molecule has 2 rings (SSSR count). The van der Waals surface area contributed by atoms with E-state index in [4.69, 9.17) is 4.74 Å². The summed E-state index contributed by atoms with van der Waals surface area (Å²) in [6.45, 7) is 1.98. The second kappa shape index (κ2) is 6.98. The smallest absolute Gasteiger partial charge is 0.327 e. The van der Waals surface area contributed by atoms with Gasteiger partial charge in [-0.2, -0.15) is 0 Å². The number of aromatic nitrogens is 3. The SMILES string of the molecule is CCOC(=O)Cn1cc(NC(=O)c2ccccc2Br)nn1. The molecule has 7 nitrogen and oxygen atoms in total. The third-order valence-electron chi connectivity index (χ3n) is 2.50. The highest BCUT2D eigenvalue weighted by atomic mass is 79.9. The van der Waals surface area contributed by atoms with Gasteiger partial charge >= 0.3 is 5.97 Å².